The molecule has 1 heterocycles. The average Bonchev–Trinajstić information content (AvgIpc) is 2.67. The number of ether oxygens (including phenoxy) is 2. The molecular formula is C22H25N3O6. The van der Waals surface area contributed by atoms with Crippen molar-refractivity contribution in [3.05, 3.63) is 57.5 Å². The van der Waals surface area contributed by atoms with E-state index in [1.54, 1.807) is 18.2 Å². The smallest absolute Gasteiger partial charge is 0.411 e. The van der Waals surface area contributed by atoms with Crippen molar-refractivity contribution in [3.8, 4) is 0 Å². The van der Waals surface area contributed by atoms with Gasteiger partial charge in [0.05, 0.1) is 6.61 Å². The van der Waals surface area contributed by atoms with Crippen LogP contribution in [0.25, 0.3) is 0 Å². The third-order valence-corrected chi connectivity index (χ3v) is 4.85. The van der Waals surface area contributed by atoms with Gasteiger partial charge in [-0.15, -0.1) is 0 Å². The molecule has 0 bridgehead atoms. The van der Waals surface area contributed by atoms with Crippen LogP contribution in [0.15, 0.2) is 35.1 Å². The first-order valence-electron chi connectivity index (χ1n) is 9.82. The number of anilines is 2. The number of fused-ring (bicyclic) bond motifs is 1. The first kappa shape index (κ1) is 22.2. The molecule has 1 aromatic carbocycles. The number of benzene rings is 1. The molecule has 1 aromatic heterocycles. The summed E-state index contributed by atoms with van der Waals surface area (Å²) in [5.74, 6) is -0.753. The second-order valence-corrected chi connectivity index (χ2v) is 8.13. The predicted octanol–water partition coefficient (Wildman–Crippen LogP) is 2.98. The normalized spacial score (nSPS) is 14.5. The number of rotatable bonds is 6. The van der Waals surface area contributed by atoms with Gasteiger partial charge in [0, 0.05) is 36.2 Å². The molecule has 0 radical (unpaired) electrons. The highest BCUT2D eigenvalue weighted by Crippen LogP contribution is 2.33. The molecule has 9 heteroatoms. The van der Waals surface area contributed by atoms with E-state index in [0.717, 1.165) is 0 Å². The van der Waals surface area contributed by atoms with Crippen molar-refractivity contribution in [2.75, 3.05) is 31.0 Å². The molecule has 0 saturated carbocycles. The van der Waals surface area contributed by atoms with E-state index in [4.69, 9.17) is 9.47 Å². The summed E-state index contributed by atoms with van der Waals surface area (Å²) in [6.07, 6.45) is 0.244. The molecule has 0 aliphatic heterocycles. The van der Waals surface area contributed by atoms with Gasteiger partial charge in [-0.2, -0.15) is 0 Å². The fourth-order valence-electron chi connectivity index (χ4n) is 3.44. The number of aromatic nitrogens is 1. The molecule has 2 amide bonds. The second kappa shape index (κ2) is 9.13. The van der Waals surface area contributed by atoms with E-state index in [2.05, 4.69) is 15.6 Å². The topological polar surface area (TPSA) is 127 Å². The molecular weight excluding hydrogens is 402 g/mol. The number of hydrogen-bond donors (Lipinski definition) is 3. The lowest BCUT2D eigenvalue weighted by molar-refractivity contribution is 0.0910. The van der Waals surface area contributed by atoms with Crippen molar-refractivity contribution in [1.82, 2.24) is 4.98 Å². The van der Waals surface area contributed by atoms with Gasteiger partial charge in [0.2, 0.25) is 0 Å². The van der Waals surface area contributed by atoms with Crippen molar-refractivity contribution < 1.29 is 23.9 Å². The van der Waals surface area contributed by atoms with Gasteiger partial charge in [-0.05, 0) is 36.1 Å². The van der Waals surface area contributed by atoms with Gasteiger partial charge in [0.25, 0.3) is 11.5 Å². The molecule has 2 aromatic rings. The maximum absolute atomic E-state index is 12.7. The van der Waals surface area contributed by atoms with E-state index in [1.807, 2.05) is 13.8 Å². The predicted molar refractivity (Wildman–Crippen MR) is 115 cm³/mol. The average molecular weight is 427 g/mol. The molecule has 3 rings (SSSR count). The van der Waals surface area contributed by atoms with Crippen molar-refractivity contribution in [2.24, 2.45) is 5.41 Å². The van der Waals surface area contributed by atoms with E-state index in [-0.39, 0.29) is 30.0 Å². The van der Waals surface area contributed by atoms with Crippen molar-refractivity contribution in [2.45, 2.75) is 26.7 Å². The zero-order chi connectivity index (χ0) is 22.6. The summed E-state index contributed by atoms with van der Waals surface area (Å²) in [4.78, 5) is 52.1. The maximum Gasteiger partial charge on any atom is 0.411 e. The zero-order valence-electron chi connectivity index (χ0n) is 17.7. The van der Waals surface area contributed by atoms with E-state index >= 15 is 0 Å². The van der Waals surface area contributed by atoms with Crippen LogP contribution in [-0.2, 0) is 15.9 Å². The van der Waals surface area contributed by atoms with E-state index < -0.39 is 17.6 Å². The Labute approximate surface area is 179 Å². The Balaban J connectivity index is 1.74. The molecule has 0 saturated heterocycles. The Morgan fingerprint density at radius 3 is 2.48 bits per heavy atom. The number of methoxy groups -OCH3 is 1. The lowest BCUT2D eigenvalue weighted by atomic mass is 9.75. The van der Waals surface area contributed by atoms with Crippen LogP contribution >= 0.6 is 0 Å². The number of ketones is 1. The summed E-state index contributed by atoms with van der Waals surface area (Å²) < 4.78 is 9.74. The van der Waals surface area contributed by atoms with Gasteiger partial charge < -0.3 is 19.8 Å². The van der Waals surface area contributed by atoms with Gasteiger partial charge >= 0.3 is 6.09 Å². The third-order valence-electron chi connectivity index (χ3n) is 4.85. The largest absolute Gasteiger partial charge is 0.447 e. The second-order valence-electron chi connectivity index (χ2n) is 8.13. The summed E-state index contributed by atoms with van der Waals surface area (Å²) in [7, 11) is 1.50. The third kappa shape index (κ3) is 5.58. The minimum Gasteiger partial charge on any atom is -0.447 e. The van der Waals surface area contributed by atoms with Gasteiger partial charge in [-0.1, -0.05) is 19.9 Å². The molecule has 0 unspecified atom stereocenters. The first-order valence-corrected chi connectivity index (χ1v) is 9.82. The van der Waals surface area contributed by atoms with Crippen molar-refractivity contribution in [1.29, 1.82) is 0 Å². The highest BCUT2D eigenvalue weighted by Gasteiger charge is 2.32. The summed E-state index contributed by atoms with van der Waals surface area (Å²) in [6.45, 7) is 4.30. The van der Waals surface area contributed by atoms with Crippen LogP contribution in [0.3, 0.4) is 0 Å². The number of carbonyl (C=O) groups excluding carboxylic acids is 3. The Morgan fingerprint density at radius 1 is 1.06 bits per heavy atom. The summed E-state index contributed by atoms with van der Waals surface area (Å²) in [5, 5.41) is 5.16. The van der Waals surface area contributed by atoms with Crippen LogP contribution in [-0.4, -0.2) is 43.1 Å². The molecule has 31 heavy (non-hydrogen) atoms. The molecule has 1 aliphatic rings. The highest BCUT2D eigenvalue weighted by atomic mass is 16.6. The van der Waals surface area contributed by atoms with Crippen LogP contribution in [0.2, 0.25) is 0 Å². The fourth-order valence-corrected chi connectivity index (χ4v) is 3.44. The molecule has 9 nitrogen and oxygen atoms in total. The summed E-state index contributed by atoms with van der Waals surface area (Å²) in [6, 6.07) is 7.74. The minimum atomic E-state index is -0.659. The minimum absolute atomic E-state index is 0.102. The van der Waals surface area contributed by atoms with Crippen LogP contribution < -0.4 is 16.2 Å². The number of amides is 2. The number of Topliss-reactive ketones (excluding diaryl/α,β-unsaturated/α-hetero) is 1. The zero-order valence-corrected chi connectivity index (χ0v) is 17.7. The quantitative estimate of drug-likeness (QED) is 0.609. The lowest BCUT2D eigenvalue weighted by Gasteiger charge is -2.29. The summed E-state index contributed by atoms with van der Waals surface area (Å²) in [5.41, 5.74) is 0.747. The molecule has 0 spiro atoms. The Hall–Kier alpha value is -3.46. The monoisotopic (exact) mass is 427 g/mol. The van der Waals surface area contributed by atoms with Gasteiger partial charge in [-0.25, -0.2) is 4.79 Å². The number of carbonyl (C=O) groups is 3. The first-order chi connectivity index (χ1) is 14.7. The van der Waals surface area contributed by atoms with Crippen LogP contribution in [0.1, 0.15) is 46.7 Å². The Bertz CT molecular complexity index is 1070. The Morgan fingerprint density at radius 2 is 1.77 bits per heavy atom. The Kier molecular flexibility index (Phi) is 6.55. The molecule has 1 aliphatic carbocycles. The van der Waals surface area contributed by atoms with Crippen molar-refractivity contribution >= 4 is 29.2 Å². The lowest BCUT2D eigenvalue weighted by Crippen LogP contribution is -2.32. The maximum atomic E-state index is 12.7. The van der Waals surface area contributed by atoms with E-state index in [1.165, 1.54) is 19.2 Å². The number of aromatic amines is 1. The number of H-pyrrole nitrogens is 1. The van der Waals surface area contributed by atoms with Gasteiger partial charge in [0.1, 0.15) is 12.2 Å². The van der Waals surface area contributed by atoms with Crippen LogP contribution in [0.5, 0.6) is 0 Å². The SMILES string of the molecule is COCCOC(=O)Nc1cccc(NC(=O)c2cc3c([nH]c2=O)CC(C)(C)CC3=O)c1. The van der Waals surface area contributed by atoms with E-state index in [0.29, 0.717) is 35.5 Å². The van der Waals surface area contributed by atoms with Crippen LogP contribution in [0, 0.1) is 5.41 Å². The van der Waals surface area contributed by atoms with Crippen molar-refractivity contribution in [3.63, 3.8) is 0 Å². The highest BCUT2D eigenvalue weighted by molar-refractivity contribution is 6.07. The molecule has 0 fully saturated rings. The summed E-state index contributed by atoms with van der Waals surface area (Å²) >= 11 is 0. The van der Waals surface area contributed by atoms with E-state index in [9.17, 15) is 19.2 Å². The molecule has 164 valence electrons. The number of hydrogen-bond acceptors (Lipinski definition) is 6. The van der Waals surface area contributed by atoms with Gasteiger partial charge in [-0.3, -0.25) is 19.7 Å². The van der Waals surface area contributed by atoms with Crippen LogP contribution in [0.4, 0.5) is 16.2 Å². The molecule has 3 N–H and O–H groups in total. The van der Waals surface area contributed by atoms with Gasteiger partial charge in [0.15, 0.2) is 5.78 Å². The standard InChI is InChI=1S/C22H25N3O6/c1-22(2)11-17-15(18(26)12-22)10-16(20(28)25-17)19(27)23-13-5-4-6-14(9-13)24-21(29)31-8-7-30-3/h4-6,9-10H,7-8,11-12H2,1-3H3,(H,23,27)(H,24,29)(H,25,28). The fraction of sp³-hybridized carbons (Fsp3) is 0.364. The number of nitrogens with one attached hydrogen (secondary N) is 3. The number of pyridine rings is 1. The molecule has 0 atom stereocenters.